The SMILES string of the molecule is CC(C)C(O)Nc1cncc(-c2cc3c(-c4nc5c(-c6cccc(F)c6)cccc5[nH]4)n[nH]c3cn2)c1. The minimum Gasteiger partial charge on any atom is -0.374 e. The molecule has 0 saturated heterocycles. The molecule has 0 amide bonds. The van der Waals surface area contributed by atoms with Crippen LogP contribution in [0.2, 0.25) is 0 Å². The Hall–Kier alpha value is -4.63. The number of aliphatic hydroxyl groups excluding tert-OH is 1. The fraction of sp³-hybridized carbons (Fsp3) is 0.143. The van der Waals surface area contributed by atoms with Gasteiger partial charge in [0.15, 0.2) is 5.82 Å². The number of anilines is 1. The van der Waals surface area contributed by atoms with Crippen LogP contribution in [-0.4, -0.2) is 41.5 Å². The zero-order valence-electron chi connectivity index (χ0n) is 20.2. The van der Waals surface area contributed by atoms with Crippen molar-refractivity contribution in [1.29, 1.82) is 0 Å². The third kappa shape index (κ3) is 4.30. The van der Waals surface area contributed by atoms with E-state index >= 15 is 0 Å². The lowest BCUT2D eigenvalue weighted by atomic mass is 10.0. The number of imidazole rings is 1. The Morgan fingerprint density at radius 1 is 0.946 bits per heavy atom. The number of benzene rings is 2. The maximum atomic E-state index is 13.9. The minimum atomic E-state index is -0.682. The summed E-state index contributed by atoms with van der Waals surface area (Å²) in [7, 11) is 0. The first kappa shape index (κ1) is 22.8. The molecule has 0 bridgehead atoms. The Morgan fingerprint density at radius 2 is 1.81 bits per heavy atom. The lowest BCUT2D eigenvalue weighted by molar-refractivity contribution is 0.153. The van der Waals surface area contributed by atoms with Gasteiger partial charge in [0.25, 0.3) is 0 Å². The number of hydrogen-bond acceptors (Lipinski definition) is 6. The molecular formula is C28H24FN7O. The van der Waals surface area contributed by atoms with Crippen molar-refractivity contribution in [3.63, 3.8) is 0 Å². The first-order chi connectivity index (χ1) is 18.0. The summed E-state index contributed by atoms with van der Waals surface area (Å²) in [5.41, 5.74) is 6.78. The van der Waals surface area contributed by atoms with Crippen LogP contribution in [0.1, 0.15) is 13.8 Å². The zero-order valence-corrected chi connectivity index (χ0v) is 20.2. The summed E-state index contributed by atoms with van der Waals surface area (Å²) >= 11 is 0. The number of aromatic nitrogens is 6. The van der Waals surface area contributed by atoms with Crippen molar-refractivity contribution in [3.8, 4) is 33.9 Å². The molecule has 6 rings (SSSR count). The highest BCUT2D eigenvalue weighted by molar-refractivity contribution is 5.97. The Balaban J connectivity index is 1.41. The van der Waals surface area contributed by atoms with Crippen molar-refractivity contribution in [2.75, 3.05) is 5.32 Å². The number of halogens is 1. The highest BCUT2D eigenvalue weighted by Gasteiger charge is 2.17. The molecular weight excluding hydrogens is 469 g/mol. The van der Waals surface area contributed by atoms with Crippen LogP contribution in [-0.2, 0) is 0 Å². The topological polar surface area (TPSA) is 115 Å². The maximum Gasteiger partial charge on any atom is 0.159 e. The van der Waals surface area contributed by atoms with E-state index in [0.717, 1.165) is 38.6 Å². The normalized spacial score (nSPS) is 12.5. The first-order valence-corrected chi connectivity index (χ1v) is 12.0. The average molecular weight is 494 g/mol. The van der Waals surface area contributed by atoms with Gasteiger partial charge in [-0.25, -0.2) is 9.37 Å². The number of pyridine rings is 2. The van der Waals surface area contributed by atoms with Crippen molar-refractivity contribution >= 4 is 27.6 Å². The number of hydrogen-bond donors (Lipinski definition) is 4. The molecule has 184 valence electrons. The van der Waals surface area contributed by atoms with Crippen molar-refractivity contribution in [2.24, 2.45) is 5.92 Å². The van der Waals surface area contributed by atoms with E-state index in [1.807, 2.05) is 50.2 Å². The molecule has 4 N–H and O–H groups in total. The summed E-state index contributed by atoms with van der Waals surface area (Å²) in [6.07, 6.45) is 4.44. The molecule has 0 aliphatic carbocycles. The second kappa shape index (κ2) is 9.11. The average Bonchev–Trinajstić information content (AvgIpc) is 3.52. The summed E-state index contributed by atoms with van der Waals surface area (Å²) < 4.78 is 13.9. The molecule has 0 fully saturated rings. The van der Waals surface area contributed by atoms with E-state index in [-0.39, 0.29) is 11.7 Å². The predicted octanol–water partition coefficient (Wildman–Crippen LogP) is 5.76. The highest BCUT2D eigenvalue weighted by atomic mass is 19.1. The molecule has 0 aliphatic rings. The van der Waals surface area contributed by atoms with Gasteiger partial charge in [-0.05, 0) is 41.8 Å². The second-order valence-electron chi connectivity index (χ2n) is 9.28. The lowest BCUT2D eigenvalue weighted by Crippen LogP contribution is -2.24. The molecule has 6 aromatic rings. The number of nitrogens with one attached hydrogen (secondary N) is 3. The number of aliphatic hydroxyl groups is 1. The largest absolute Gasteiger partial charge is 0.374 e. The zero-order chi connectivity index (χ0) is 25.5. The molecule has 37 heavy (non-hydrogen) atoms. The number of rotatable bonds is 6. The molecule has 1 unspecified atom stereocenters. The van der Waals surface area contributed by atoms with Gasteiger partial charge in [-0.1, -0.05) is 38.1 Å². The van der Waals surface area contributed by atoms with Gasteiger partial charge < -0.3 is 15.4 Å². The highest BCUT2D eigenvalue weighted by Crippen LogP contribution is 2.33. The summed E-state index contributed by atoms with van der Waals surface area (Å²) in [5.74, 6) is 0.351. The first-order valence-electron chi connectivity index (χ1n) is 12.0. The molecule has 0 saturated carbocycles. The summed E-state index contributed by atoms with van der Waals surface area (Å²) in [5, 5.41) is 21.6. The van der Waals surface area contributed by atoms with Crippen LogP contribution in [0.4, 0.5) is 10.1 Å². The van der Waals surface area contributed by atoms with Crippen LogP contribution in [0, 0.1) is 11.7 Å². The van der Waals surface area contributed by atoms with Gasteiger partial charge in [0.2, 0.25) is 0 Å². The molecule has 4 aromatic heterocycles. The van der Waals surface area contributed by atoms with Crippen molar-refractivity contribution < 1.29 is 9.50 Å². The summed E-state index contributed by atoms with van der Waals surface area (Å²) in [4.78, 5) is 17.1. The Bertz CT molecular complexity index is 1740. The van der Waals surface area contributed by atoms with E-state index in [9.17, 15) is 9.50 Å². The van der Waals surface area contributed by atoms with Crippen molar-refractivity contribution in [2.45, 2.75) is 20.1 Å². The summed E-state index contributed by atoms with van der Waals surface area (Å²) in [6, 6.07) is 16.1. The fourth-order valence-corrected chi connectivity index (χ4v) is 4.28. The van der Waals surface area contributed by atoms with Crippen LogP contribution in [0.3, 0.4) is 0 Å². The van der Waals surface area contributed by atoms with Crippen molar-refractivity contribution in [3.05, 3.63) is 79.0 Å². The van der Waals surface area contributed by atoms with E-state index in [1.165, 1.54) is 12.1 Å². The maximum absolute atomic E-state index is 13.9. The monoisotopic (exact) mass is 493 g/mol. The van der Waals surface area contributed by atoms with Gasteiger partial charge >= 0.3 is 0 Å². The number of nitrogens with zero attached hydrogens (tertiary/aromatic N) is 4. The number of aromatic amines is 2. The number of para-hydroxylation sites is 1. The van der Waals surface area contributed by atoms with Gasteiger partial charge in [0, 0.05) is 22.7 Å². The molecule has 0 aliphatic heterocycles. The van der Waals surface area contributed by atoms with Crippen LogP contribution in [0.25, 0.3) is 55.8 Å². The molecule has 1 atom stereocenters. The van der Waals surface area contributed by atoms with Crippen LogP contribution < -0.4 is 5.32 Å². The van der Waals surface area contributed by atoms with Gasteiger partial charge in [-0.2, -0.15) is 5.10 Å². The smallest absolute Gasteiger partial charge is 0.159 e. The molecule has 8 nitrogen and oxygen atoms in total. The van der Waals surface area contributed by atoms with E-state index in [1.54, 1.807) is 24.7 Å². The van der Waals surface area contributed by atoms with E-state index < -0.39 is 6.23 Å². The van der Waals surface area contributed by atoms with Crippen molar-refractivity contribution in [1.82, 2.24) is 30.1 Å². The third-order valence-electron chi connectivity index (χ3n) is 6.30. The molecule has 0 spiro atoms. The standard InChI is InChI=1S/C28H24FN7O/c1-15(2)28(37)32-19-10-17(12-30-13-19)23-11-21-24(14-31-23)35-36-26(21)27-33-22-8-4-7-20(25(22)34-27)16-5-3-6-18(29)9-16/h3-15,28,32,37H,1-2H3,(H,33,34)(H,35,36). The third-order valence-corrected chi connectivity index (χ3v) is 6.30. The molecule has 4 heterocycles. The Morgan fingerprint density at radius 3 is 2.65 bits per heavy atom. The summed E-state index contributed by atoms with van der Waals surface area (Å²) in [6.45, 7) is 3.87. The van der Waals surface area contributed by atoms with E-state index in [2.05, 4.69) is 30.5 Å². The predicted molar refractivity (Wildman–Crippen MR) is 142 cm³/mol. The molecule has 0 radical (unpaired) electrons. The Labute approximate surface area is 211 Å². The second-order valence-corrected chi connectivity index (χ2v) is 9.28. The number of fused-ring (bicyclic) bond motifs is 2. The van der Waals surface area contributed by atoms with Crippen LogP contribution >= 0.6 is 0 Å². The van der Waals surface area contributed by atoms with E-state index in [0.29, 0.717) is 22.9 Å². The van der Waals surface area contributed by atoms with Gasteiger partial charge in [-0.3, -0.25) is 15.1 Å². The lowest BCUT2D eigenvalue weighted by Gasteiger charge is -2.17. The number of H-pyrrole nitrogens is 2. The minimum absolute atomic E-state index is 0.0526. The van der Waals surface area contributed by atoms with Gasteiger partial charge in [0.1, 0.15) is 17.7 Å². The Kier molecular flexibility index (Phi) is 5.61. The molecule has 9 heteroatoms. The van der Waals surface area contributed by atoms with Crippen LogP contribution in [0.5, 0.6) is 0 Å². The molecule has 2 aromatic carbocycles. The van der Waals surface area contributed by atoms with Gasteiger partial charge in [-0.15, -0.1) is 0 Å². The fourth-order valence-electron chi connectivity index (χ4n) is 4.28. The van der Waals surface area contributed by atoms with E-state index in [4.69, 9.17) is 4.98 Å². The van der Waals surface area contributed by atoms with Crippen LogP contribution in [0.15, 0.2) is 73.2 Å². The quantitative estimate of drug-likeness (QED) is 0.219. The van der Waals surface area contributed by atoms with Gasteiger partial charge in [0.05, 0.1) is 40.3 Å².